The zero-order valence-corrected chi connectivity index (χ0v) is 9.60. The Balaban J connectivity index is -0.0000000655. The molecule has 0 saturated heterocycles. The summed E-state index contributed by atoms with van der Waals surface area (Å²) in [6, 6.07) is 0. The van der Waals surface area contributed by atoms with Gasteiger partial charge in [0, 0.05) is 35.6 Å². The van der Waals surface area contributed by atoms with Crippen LogP contribution < -0.4 is 0 Å². The molecule has 0 fully saturated rings. The molecular formula is C9H12CrO6. The third kappa shape index (κ3) is 87.5. The fourth-order valence-corrected chi connectivity index (χ4v) is 0. The Bertz CT molecular complexity index is 216. The van der Waals surface area contributed by atoms with Crippen molar-refractivity contribution in [3.05, 3.63) is 38.0 Å². The van der Waals surface area contributed by atoms with Gasteiger partial charge in [-0.15, -0.1) is 0 Å². The van der Waals surface area contributed by atoms with Gasteiger partial charge in [-0.1, -0.05) is 19.7 Å². The van der Waals surface area contributed by atoms with Crippen LogP contribution in [0.1, 0.15) is 0 Å². The Morgan fingerprint density at radius 3 is 0.750 bits per heavy atom. The van der Waals surface area contributed by atoms with Crippen LogP contribution in [0, 0.1) is 0 Å². The zero-order chi connectivity index (χ0) is 12.9. The van der Waals surface area contributed by atoms with Crippen molar-refractivity contribution < 1.29 is 47.1 Å². The van der Waals surface area contributed by atoms with E-state index in [-0.39, 0.29) is 17.4 Å². The molecule has 0 rings (SSSR count). The number of carboxylic acid groups (broad SMARTS) is 3. The van der Waals surface area contributed by atoms with Gasteiger partial charge in [0.05, 0.1) is 0 Å². The van der Waals surface area contributed by atoms with Crippen LogP contribution in [-0.4, -0.2) is 33.2 Å². The minimum absolute atomic E-state index is 0. The number of carboxylic acids is 3. The Morgan fingerprint density at radius 1 is 0.688 bits per heavy atom. The van der Waals surface area contributed by atoms with Crippen molar-refractivity contribution in [2.45, 2.75) is 0 Å². The molecule has 0 aromatic heterocycles. The molecule has 0 radical (unpaired) electrons. The minimum Gasteiger partial charge on any atom is -0.478 e. The largest absolute Gasteiger partial charge is 0.478 e. The van der Waals surface area contributed by atoms with Crippen LogP contribution in [0.2, 0.25) is 0 Å². The van der Waals surface area contributed by atoms with Crippen LogP contribution in [0.25, 0.3) is 0 Å². The van der Waals surface area contributed by atoms with Gasteiger partial charge < -0.3 is 15.3 Å². The summed E-state index contributed by atoms with van der Waals surface area (Å²) in [5, 5.41) is 22.8. The molecule has 0 bridgehead atoms. The maximum Gasteiger partial charge on any atom is 0.327 e. The third-order valence-corrected chi connectivity index (χ3v) is 0.524. The second-order valence-electron chi connectivity index (χ2n) is 1.63. The van der Waals surface area contributed by atoms with Crippen molar-refractivity contribution in [1.82, 2.24) is 0 Å². The van der Waals surface area contributed by atoms with Crippen LogP contribution in [0.3, 0.4) is 0 Å². The van der Waals surface area contributed by atoms with Crippen LogP contribution >= 0.6 is 0 Å². The van der Waals surface area contributed by atoms with Gasteiger partial charge in [-0.25, -0.2) is 14.4 Å². The molecule has 0 heterocycles. The van der Waals surface area contributed by atoms with Gasteiger partial charge in [-0.2, -0.15) is 0 Å². The number of carbonyl (C=O) groups is 3. The molecular weight excluding hydrogens is 256 g/mol. The summed E-state index contributed by atoms with van der Waals surface area (Å²) < 4.78 is 0. The summed E-state index contributed by atoms with van der Waals surface area (Å²) in [5.74, 6) is -2.94. The van der Waals surface area contributed by atoms with Crippen molar-refractivity contribution in [2.24, 2.45) is 0 Å². The van der Waals surface area contributed by atoms with E-state index in [9.17, 15) is 14.4 Å². The van der Waals surface area contributed by atoms with E-state index in [0.29, 0.717) is 0 Å². The molecule has 0 saturated carbocycles. The normalized spacial score (nSPS) is 6.00. The number of hydrogen-bond acceptors (Lipinski definition) is 3. The van der Waals surface area contributed by atoms with Gasteiger partial charge in [0.25, 0.3) is 0 Å². The van der Waals surface area contributed by atoms with Crippen molar-refractivity contribution in [3.63, 3.8) is 0 Å². The molecule has 0 aliphatic heterocycles. The van der Waals surface area contributed by atoms with Crippen LogP contribution in [0.5, 0.6) is 0 Å². The molecule has 0 aliphatic carbocycles. The standard InChI is InChI=1S/3C3H4O2.Cr/c3*1-2-3(4)5;/h3*2H,1H2,(H,4,5);. The van der Waals surface area contributed by atoms with E-state index in [0.717, 1.165) is 18.2 Å². The summed E-state index contributed by atoms with van der Waals surface area (Å²) in [6.45, 7) is 8.88. The summed E-state index contributed by atoms with van der Waals surface area (Å²) in [6.07, 6.45) is 2.50. The van der Waals surface area contributed by atoms with Crippen molar-refractivity contribution in [1.29, 1.82) is 0 Å². The molecule has 0 amide bonds. The Kier molecular flexibility index (Phi) is 28.0. The topological polar surface area (TPSA) is 112 Å². The number of rotatable bonds is 3. The first-order valence-electron chi connectivity index (χ1n) is 3.37. The average Bonchev–Trinajstić information content (AvgIpc) is 2.19. The molecule has 6 nitrogen and oxygen atoms in total. The third-order valence-electron chi connectivity index (χ3n) is 0.524. The molecule has 0 aromatic rings. The second kappa shape index (κ2) is 18.9. The summed E-state index contributed by atoms with van der Waals surface area (Å²) in [7, 11) is 0. The van der Waals surface area contributed by atoms with Gasteiger partial charge in [0.1, 0.15) is 0 Å². The SMILES string of the molecule is C=CC(=O)O.C=CC(=O)O.C=CC(=O)O.[Cr]. The number of aliphatic carboxylic acids is 3. The maximum atomic E-state index is 9.25. The minimum atomic E-state index is -0.981. The Labute approximate surface area is 103 Å². The van der Waals surface area contributed by atoms with E-state index in [2.05, 4.69) is 19.7 Å². The van der Waals surface area contributed by atoms with Crippen molar-refractivity contribution >= 4 is 17.9 Å². The van der Waals surface area contributed by atoms with Crippen molar-refractivity contribution in [3.8, 4) is 0 Å². The van der Waals surface area contributed by atoms with E-state index in [1.54, 1.807) is 0 Å². The summed E-state index contributed by atoms with van der Waals surface area (Å²) in [4.78, 5) is 27.8. The van der Waals surface area contributed by atoms with Gasteiger partial charge in [-0.3, -0.25) is 0 Å². The van der Waals surface area contributed by atoms with Crippen LogP contribution in [-0.2, 0) is 31.7 Å². The van der Waals surface area contributed by atoms with Crippen molar-refractivity contribution in [2.75, 3.05) is 0 Å². The number of hydrogen-bond donors (Lipinski definition) is 3. The smallest absolute Gasteiger partial charge is 0.327 e. The fraction of sp³-hybridized carbons (Fsp3) is 0. The van der Waals surface area contributed by atoms with E-state index >= 15 is 0 Å². The van der Waals surface area contributed by atoms with E-state index in [1.165, 1.54) is 0 Å². The zero-order valence-electron chi connectivity index (χ0n) is 8.33. The molecule has 0 unspecified atom stereocenters. The predicted molar refractivity (Wildman–Crippen MR) is 53.5 cm³/mol. The molecule has 0 aliphatic rings. The monoisotopic (exact) mass is 268 g/mol. The van der Waals surface area contributed by atoms with Gasteiger partial charge >= 0.3 is 17.9 Å². The quantitative estimate of drug-likeness (QED) is 0.652. The molecule has 3 N–H and O–H groups in total. The molecule has 7 heteroatoms. The molecule has 0 spiro atoms. The van der Waals surface area contributed by atoms with E-state index in [4.69, 9.17) is 15.3 Å². The molecule has 0 aromatic carbocycles. The van der Waals surface area contributed by atoms with Gasteiger partial charge in [0.15, 0.2) is 0 Å². The maximum absolute atomic E-state index is 9.25. The molecule has 16 heavy (non-hydrogen) atoms. The van der Waals surface area contributed by atoms with Crippen LogP contribution in [0.15, 0.2) is 38.0 Å². The first-order chi connectivity index (χ1) is 6.81. The summed E-state index contributed by atoms with van der Waals surface area (Å²) >= 11 is 0. The average molecular weight is 268 g/mol. The first-order valence-corrected chi connectivity index (χ1v) is 3.37. The second-order valence-corrected chi connectivity index (χ2v) is 1.63. The van der Waals surface area contributed by atoms with E-state index < -0.39 is 17.9 Å². The van der Waals surface area contributed by atoms with Gasteiger partial charge in [-0.05, 0) is 0 Å². The first kappa shape index (κ1) is 23.8. The summed E-state index contributed by atoms with van der Waals surface area (Å²) in [5.41, 5.74) is 0. The fourth-order valence-electron chi connectivity index (χ4n) is 0. The van der Waals surface area contributed by atoms with Gasteiger partial charge in [0.2, 0.25) is 0 Å². The predicted octanol–water partition coefficient (Wildman–Crippen LogP) is 0.769. The Morgan fingerprint density at radius 2 is 0.750 bits per heavy atom. The molecule has 90 valence electrons. The molecule has 0 atom stereocenters. The van der Waals surface area contributed by atoms with E-state index in [1.807, 2.05) is 0 Å². The van der Waals surface area contributed by atoms with Crippen LogP contribution in [0.4, 0.5) is 0 Å². The Hall–Kier alpha value is -1.84.